The third kappa shape index (κ3) is 2.23. The Morgan fingerprint density at radius 1 is 1.25 bits per heavy atom. The van der Waals surface area contributed by atoms with E-state index < -0.39 is 5.60 Å². The minimum atomic E-state index is -0.795. The van der Waals surface area contributed by atoms with Gasteiger partial charge >= 0.3 is 0 Å². The second-order valence-corrected chi connectivity index (χ2v) is 8.59. The summed E-state index contributed by atoms with van der Waals surface area (Å²) in [5.74, 6) is 0.392. The van der Waals surface area contributed by atoms with Gasteiger partial charge in [0.25, 0.3) is 0 Å². The summed E-state index contributed by atoms with van der Waals surface area (Å²) in [6, 6.07) is 8.12. The zero-order valence-electron chi connectivity index (χ0n) is 14.2. The van der Waals surface area contributed by atoms with Gasteiger partial charge in [0, 0.05) is 10.4 Å². The molecule has 2 aliphatic rings. The van der Waals surface area contributed by atoms with Gasteiger partial charge in [-0.1, -0.05) is 44.0 Å². The van der Waals surface area contributed by atoms with Gasteiger partial charge in [0.15, 0.2) is 0 Å². The average molecular weight is 346 g/mol. The van der Waals surface area contributed by atoms with E-state index in [1.165, 1.54) is 11.9 Å². The fourth-order valence-electron chi connectivity index (χ4n) is 5.02. The SMILES string of the molecule is CC1(C)CCCC2(CC2c2ccc(Cl)cc2)C1(O)Cn1cncn1. The molecule has 1 aromatic carbocycles. The van der Waals surface area contributed by atoms with Gasteiger partial charge in [-0.2, -0.15) is 5.10 Å². The summed E-state index contributed by atoms with van der Waals surface area (Å²) >= 11 is 6.04. The molecule has 0 bridgehead atoms. The Labute approximate surface area is 147 Å². The molecule has 128 valence electrons. The van der Waals surface area contributed by atoms with Gasteiger partial charge in [0.05, 0.1) is 12.1 Å². The second-order valence-electron chi connectivity index (χ2n) is 8.16. The lowest BCUT2D eigenvalue weighted by Crippen LogP contribution is -2.58. The molecule has 0 radical (unpaired) electrons. The third-order valence-corrected chi connectivity index (χ3v) is 6.82. The Morgan fingerprint density at radius 2 is 2.00 bits per heavy atom. The summed E-state index contributed by atoms with van der Waals surface area (Å²) in [6.45, 7) is 4.90. The van der Waals surface area contributed by atoms with E-state index in [4.69, 9.17) is 11.6 Å². The van der Waals surface area contributed by atoms with E-state index in [1.54, 1.807) is 11.0 Å². The molecule has 4 nitrogen and oxygen atoms in total. The summed E-state index contributed by atoms with van der Waals surface area (Å²) in [4.78, 5) is 4.05. The Kier molecular flexibility index (Phi) is 3.56. The lowest BCUT2D eigenvalue weighted by atomic mass is 9.57. The highest BCUT2D eigenvalue weighted by Crippen LogP contribution is 2.73. The van der Waals surface area contributed by atoms with Gasteiger partial charge in [0.1, 0.15) is 12.7 Å². The van der Waals surface area contributed by atoms with Gasteiger partial charge in [-0.05, 0) is 48.3 Å². The summed E-state index contributed by atoms with van der Waals surface area (Å²) in [5, 5.41) is 16.9. The summed E-state index contributed by atoms with van der Waals surface area (Å²) in [5.41, 5.74) is 0.262. The maximum atomic E-state index is 11.9. The summed E-state index contributed by atoms with van der Waals surface area (Å²) in [6.07, 6.45) is 7.54. The normalized spacial score (nSPS) is 34.4. The monoisotopic (exact) mass is 345 g/mol. The van der Waals surface area contributed by atoms with Crippen LogP contribution in [0, 0.1) is 10.8 Å². The first-order valence-corrected chi connectivity index (χ1v) is 9.06. The zero-order chi connectivity index (χ0) is 17.0. The Morgan fingerprint density at radius 3 is 2.67 bits per heavy atom. The van der Waals surface area contributed by atoms with Crippen LogP contribution in [0.4, 0.5) is 0 Å². The number of rotatable bonds is 3. The quantitative estimate of drug-likeness (QED) is 0.913. The van der Waals surface area contributed by atoms with E-state index in [2.05, 4.69) is 36.1 Å². The number of halogens is 1. The number of nitrogens with zero attached hydrogens (tertiary/aromatic N) is 3. The van der Waals surface area contributed by atoms with Crippen LogP contribution in [-0.4, -0.2) is 25.5 Å². The van der Waals surface area contributed by atoms with Crippen molar-refractivity contribution in [3.8, 4) is 0 Å². The van der Waals surface area contributed by atoms with Gasteiger partial charge < -0.3 is 5.11 Å². The van der Waals surface area contributed by atoms with Gasteiger partial charge in [-0.25, -0.2) is 4.98 Å². The molecule has 5 heteroatoms. The van der Waals surface area contributed by atoms with Crippen LogP contribution >= 0.6 is 11.6 Å². The van der Waals surface area contributed by atoms with Crippen molar-refractivity contribution in [1.82, 2.24) is 14.8 Å². The highest BCUT2D eigenvalue weighted by Gasteiger charge is 2.71. The fraction of sp³-hybridized carbons (Fsp3) is 0.579. The van der Waals surface area contributed by atoms with Crippen LogP contribution in [0.5, 0.6) is 0 Å². The Bertz CT molecular complexity index is 728. The predicted molar refractivity (Wildman–Crippen MR) is 93.8 cm³/mol. The molecule has 3 unspecified atom stereocenters. The molecule has 2 aliphatic carbocycles. The number of aromatic nitrogens is 3. The molecule has 0 amide bonds. The first kappa shape index (κ1) is 16.1. The summed E-state index contributed by atoms with van der Waals surface area (Å²) in [7, 11) is 0. The van der Waals surface area contributed by atoms with Gasteiger partial charge in [-0.15, -0.1) is 0 Å². The van der Waals surface area contributed by atoms with Gasteiger partial charge in [-0.3, -0.25) is 4.68 Å². The molecule has 1 N–H and O–H groups in total. The highest BCUT2D eigenvalue weighted by molar-refractivity contribution is 6.30. The molecular weight excluding hydrogens is 322 g/mol. The van der Waals surface area contributed by atoms with Crippen molar-refractivity contribution in [2.24, 2.45) is 10.8 Å². The van der Waals surface area contributed by atoms with Crippen LogP contribution in [0.25, 0.3) is 0 Å². The van der Waals surface area contributed by atoms with Crippen LogP contribution in [0.15, 0.2) is 36.9 Å². The molecule has 0 saturated heterocycles. The molecule has 2 saturated carbocycles. The van der Waals surface area contributed by atoms with E-state index in [0.717, 1.165) is 30.7 Å². The van der Waals surface area contributed by atoms with Crippen molar-refractivity contribution in [2.45, 2.75) is 57.6 Å². The van der Waals surface area contributed by atoms with E-state index in [1.807, 2.05) is 12.1 Å². The minimum Gasteiger partial charge on any atom is -0.387 e. The van der Waals surface area contributed by atoms with Crippen molar-refractivity contribution >= 4 is 11.6 Å². The number of hydrogen-bond donors (Lipinski definition) is 1. The van der Waals surface area contributed by atoms with E-state index in [0.29, 0.717) is 12.5 Å². The predicted octanol–water partition coefficient (Wildman–Crippen LogP) is 4.05. The average Bonchev–Trinajstić information content (AvgIpc) is 3.03. The standard InChI is InChI=1S/C19H24ClN3O/c1-17(2)8-3-9-18(19(17,24)11-23-13-21-12-22-23)10-16(18)14-4-6-15(20)7-5-14/h4-7,12-13,16,24H,3,8-11H2,1-2H3. The Balaban J connectivity index is 1.71. The summed E-state index contributed by atoms with van der Waals surface area (Å²) < 4.78 is 1.78. The molecular formula is C19H24ClN3O. The lowest BCUT2D eigenvalue weighted by Gasteiger charge is -2.53. The van der Waals surface area contributed by atoms with Crippen LogP contribution in [0.2, 0.25) is 5.02 Å². The smallest absolute Gasteiger partial charge is 0.137 e. The highest BCUT2D eigenvalue weighted by atomic mass is 35.5. The van der Waals surface area contributed by atoms with Crippen LogP contribution in [0.1, 0.15) is 51.0 Å². The lowest BCUT2D eigenvalue weighted by molar-refractivity contribution is -0.164. The molecule has 4 rings (SSSR count). The molecule has 2 fully saturated rings. The molecule has 1 aromatic heterocycles. The molecule has 2 aromatic rings. The van der Waals surface area contributed by atoms with Crippen molar-refractivity contribution in [1.29, 1.82) is 0 Å². The molecule has 24 heavy (non-hydrogen) atoms. The zero-order valence-corrected chi connectivity index (χ0v) is 15.0. The number of hydrogen-bond acceptors (Lipinski definition) is 3. The van der Waals surface area contributed by atoms with E-state index >= 15 is 0 Å². The van der Waals surface area contributed by atoms with Gasteiger partial charge in [0.2, 0.25) is 0 Å². The number of aliphatic hydroxyl groups is 1. The van der Waals surface area contributed by atoms with Crippen molar-refractivity contribution in [3.63, 3.8) is 0 Å². The van der Waals surface area contributed by atoms with E-state index in [-0.39, 0.29) is 10.8 Å². The maximum Gasteiger partial charge on any atom is 0.137 e. The molecule has 1 heterocycles. The molecule has 0 aliphatic heterocycles. The van der Waals surface area contributed by atoms with Crippen molar-refractivity contribution in [2.75, 3.05) is 0 Å². The first-order chi connectivity index (χ1) is 11.4. The number of benzene rings is 1. The maximum absolute atomic E-state index is 11.9. The minimum absolute atomic E-state index is 0.0749. The van der Waals surface area contributed by atoms with Crippen LogP contribution in [0.3, 0.4) is 0 Å². The topological polar surface area (TPSA) is 50.9 Å². The van der Waals surface area contributed by atoms with Crippen LogP contribution in [-0.2, 0) is 6.54 Å². The third-order valence-electron chi connectivity index (χ3n) is 6.57. The molecule has 3 atom stereocenters. The largest absolute Gasteiger partial charge is 0.387 e. The second kappa shape index (κ2) is 5.30. The molecule has 1 spiro atoms. The van der Waals surface area contributed by atoms with Crippen LogP contribution < -0.4 is 0 Å². The fourth-order valence-corrected chi connectivity index (χ4v) is 5.15. The Hall–Kier alpha value is -1.39. The van der Waals surface area contributed by atoms with Crippen molar-refractivity contribution < 1.29 is 5.11 Å². The van der Waals surface area contributed by atoms with E-state index in [9.17, 15) is 5.11 Å². The first-order valence-electron chi connectivity index (χ1n) is 8.68. The van der Waals surface area contributed by atoms with Crippen molar-refractivity contribution in [3.05, 3.63) is 47.5 Å².